The maximum absolute atomic E-state index is 13.6. The molecule has 0 aliphatic carbocycles. The molecule has 4 rings (SSSR count). The van der Waals surface area contributed by atoms with E-state index in [0.717, 1.165) is 5.56 Å². The maximum atomic E-state index is 13.6. The van der Waals surface area contributed by atoms with Crippen LogP contribution in [-0.2, 0) is 20.8 Å². The van der Waals surface area contributed by atoms with Crippen LogP contribution in [0.4, 0.5) is 17.1 Å². The summed E-state index contributed by atoms with van der Waals surface area (Å²) in [6.07, 6.45) is 0.292. The van der Waals surface area contributed by atoms with Crippen LogP contribution in [0, 0.1) is 0 Å². The molecule has 1 aliphatic rings. The van der Waals surface area contributed by atoms with Gasteiger partial charge in [0.1, 0.15) is 0 Å². The first kappa shape index (κ1) is 21.3. The molecule has 2 unspecified atom stereocenters. The van der Waals surface area contributed by atoms with Crippen LogP contribution in [-0.4, -0.2) is 36.9 Å². The highest BCUT2D eigenvalue weighted by Crippen LogP contribution is 2.37. The third-order valence-corrected chi connectivity index (χ3v) is 5.47. The van der Waals surface area contributed by atoms with Gasteiger partial charge in [0.05, 0.1) is 17.4 Å². The summed E-state index contributed by atoms with van der Waals surface area (Å²) in [5, 5.41) is 2.60. The molecule has 1 aliphatic heterocycles. The smallest absolute Gasteiger partial charge is 0.264 e. The highest BCUT2D eigenvalue weighted by Gasteiger charge is 2.41. The summed E-state index contributed by atoms with van der Waals surface area (Å²) < 4.78 is 0. The minimum atomic E-state index is -1.40. The van der Waals surface area contributed by atoms with Crippen LogP contribution in [0.5, 0.6) is 0 Å². The second kappa shape index (κ2) is 9.03. The Bertz CT molecular complexity index is 1130. The average molecular weight is 428 g/mol. The number of fused-ring (bicyclic) bond motifs is 1. The van der Waals surface area contributed by atoms with Crippen molar-refractivity contribution < 1.29 is 14.4 Å². The molecule has 0 aromatic heterocycles. The zero-order valence-corrected chi connectivity index (χ0v) is 17.6. The fourth-order valence-corrected chi connectivity index (χ4v) is 3.78. The van der Waals surface area contributed by atoms with Crippen molar-refractivity contribution in [3.05, 3.63) is 90.5 Å². The lowest BCUT2D eigenvalue weighted by atomic mass is 10.1. The number of hydrogen-bond donors (Lipinski definition) is 2. The molecule has 0 spiro atoms. The largest absolute Gasteiger partial charge is 0.335 e. The molecule has 0 bridgehead atoms. The number of nitrogens with two attached hydrogens (primary N) is 1. The maximum Gasteiger partial charge on any atom is 0.264 e. The van der Waals surface area contributed by atoms with Crippen LogP contribution in [0.25, 0.3) is 0 Å². The molecule has 0 fully saturated rings. The summed E-state index contributed by atoms with van der Waals surface area (Å²) >= 11 is 0. The number of carbonyl (C=O) groups excluding carboxylic acids is 3. The number of rotatable bonds is 5. The van der Waals surface area contributed by atoms with Crippen LogP contribution in [0.3, 0.4) is 0 Å². The lowest BCUT2D eigenvalue weighted by Crippen LogP contribution is -2.57. The predicted molar refractivity (Wildman–Crippen MR) is 123 cm³/mol. The number of anilines is 3. The minimum absolute atomic E-state index is 0.292. The van der Waals surface area contributed by atoms with E-state index >= 15 is 0 Å². The van der Waals surface area contributed by atoms with Crippen molar-refractivity contribution in [2.24, 2.45) is 5.73 Å². The molecule has 7 heteroatoms. The first-order valence-electron chi connectivity index (χ1n) is 10.3. The molecule has 162 valence electrons. The number of nitrogens with zero attached hydrogens (tertiary/aromatic N) is 2. The molecule has 7 nitrogen and oxygen atoms in total. The van der Waals surface area contributed by atoms with Gasteiger partial charge >= 0.3 is 0 Å². The highest BCUT2D eigenvalue weighted by atomic mass is 16.2. The van der Waals surface area contributed by atoms with Gasteiger partial charge in [0, 0.05) is 12.7 Å². The van der Waals surface area contributed by atoms with E-state index in [1.807, 2.05) is 48.5 Å². The Morgan fingerprint density at radius 1 is 0.875 bits per heavy atom. The molecule has 3 N–H and O–H groups in total. The van der Waals surface area contributed by atoms with Crippen molar-refractivity contribution in [2.45, 2.75) is 18.5 Å². The molecule has 32 heavy (non-hydrogen) atoms. The Labute approximate surface area is 186 Å². The molecule has 0 saturated heterocycles. The molecule has 1 heterocycles. The van der Waals surface area contributed by atoms with Crippen molar-refractivity contribution in [3.63, 3.8) is 0 Å². The number of para-hydroxylation sites is 3. The third kappa shape index (κ3) is 4.10. The van der Waals surface area contributed by atoms with Gasteiger partial charge in [-0.2, -0.15) is 0 Å². The Morgan fingerprint density at radius 3 is 2.09 bits per heavy atom. The molecule has 3 aromatic rings. The summed E-state index contributed by atoms with van der Waals surface area (Å²) in [5.41, 5.74) is 8.72. The van der Waals surface area contributed by atoms with Crippen LogP contribution in [0.15, 0.2) is 84.9 Å². The lowest BCUT2D eigenvalue weighted by molar-refractivity contribution is -0.134. The van der Waals surface area contributed by atoms with Crippen molar-refractivity contribution in [1.29, 1.82) is 0 Å². The van der Waals surface area contributed by atoms with Crippen LogP contribution < -0.4 is 20.9 Å². The van der Waals surface area contributed by atoms with Gasteiger partial charge in [-0.3, -0.25) is 19.3 Å². The third-order valence-electron chi connectivity index (χ3n) is 5.47. The van der Waals surface area contributed by atoms with E-state index in [0.29, 0.717) is 23.5 Å². The van der Waals surface area contributed by atoms with Gasteiger partial charge in [0.2, 0.25) is 5.91 Å². The van der Waals surface area contributed by atoms with Gasteiger partial charge in [-0.15, -0.1) is 0 Å². The zero-order chi connectivity index (χ0) is 22.7. The van der Waals surface area contributed by atoms with Gasteiger partial charge in [-0.05, 0) is 36.2 Å². The van der Waals surface area contributed by atoms with Crippen LogP contribution in [0.1, 0.15) is 5.56 Å². The van der Waals surface area contributed by atoms with E-state index < -0.39 is 29.8 Å². The Hall–Kier alpha value is -3.97. The SMILES string of the molecule is CN1C(=O)C(NC(=O)C(N)Cc2ccccc2)C(=O)N(c2ccccc2)c2ccccc21. The normalized spacial score (nSPS) is 16.9. The molecular formula is C25H24N4O3. The first-order valence-corrected chi connectivity index (χ1v) is 10.3. The van der Waals surface area contributed by atoms with E-state index in [2.05, 4.69) is 5.32 Å². The summed E-state index contributed by atoms with van der Waals surface area (Å²) in [4.78, 5) is 42.6. The number of likely N-dealkylation sites (N-methyl/N-ethyl adjacent to an activating group) is 1. The van der Waals surface area contributed by atoms with E-state index in [-0.39, 0.29) is 0 Å². The molecule has 0 radical (unpaired) electrons. The van der Waals surface area contributed by atoms with E-state index in [4.69, 9.17) is 5.73 Å². The fourth-order valence-electron chi connectivity index (χ4n) is 3.78. The quantitative estimate of drug-likeness (QED) is 0.610. The number of benzene rings is 3. The summed E-state index contributed by atoms with van der Waals surface area (Å²) in [6.45, 7) is 0. The molecule has 3 aromatic carbocycles. The zero-order valence-electron chi connectivity index (χ0n) is 17.6. The fraction of sp³-hybridized carbons (Fsp3) is 0.160. The number of nitrogens with one attached hydrogen (secondary N) is 1. The van der Waals surface area contributed by atoms with Crippen molar-refractivity contribution in [3.8, 4) is 0 Å². The van der Waals surface area contributed by atoms with Crippen LogP contribution >= 0.6 is 0 Å². The number of amides is 3. The second-order valence-electron chi connectivity index (χ2n) is 7.63. The molecule has 3 amide bonds. The van der Waals surface area contributed by atoms with Crippen LogP contribution in [0.2, 0.25) is 0 Å². The minimum Gasteiger partial charge on any atom is -0.335 e. The lowest BCUT2D eigenvalue weighted by Gasteiger charge is -2.25. The summed E-state index contributed by atoms with van der Waals surface area (Å²) in [7, 11) is 1.59. The highest BCUT2D eigenvalue weighted by molar-refractivity contribution is 6.23. The standard InChI is InChI=1S/C25H24N4O3/c1-28-20-14-8-9-15-21(20)29(18-12-6-3-7-13-18)25(32)22(24(28)31)27-23(30)19(26)16-17-10-4-2-5-11-17/h2-15,19,22H,16,26H2,1H3,(H,27,30). The second-order valence-corrected chi connectivity index (χ2v) is 7.63. The molecular weight excluding hydrogens is 404 g/mol. The van der Waals surface area contributed by atoms with Crippen molar-refractivity contribution in [1.82, 2.24) is 5.32 Å². The first-order chi connectivity index (χ1) is 15.5. The Balaban J connectivity index is 1.66. The summed E-state index contributed by atoms with van der Waals surface area (Å²) in [5.74, 6) is -1.63. The predicted octanol–water partition coefficient (Wildman–Crippen LogP) is 2.38. The van der Waals surface area contributed by atoms with Crippen molar-refractivity contribution in [2.75, 3.05) is 16.8 Å². The topological polar surface area (TPSA) is 95.7 Å². The van der Waals surface area contributed by atoms with Gasteiger partial charge in [-0.1, -0.05) is 60.7 Å². The Kier molecular flexibility index (Phi) is 6.00. The average Bonchev–Trinajstić information content (AvgIpc) is 2.89. The monoisotopic (exact) mass is 428 g/mol. The molecule has 2 atom stereocenters. The summed E-state index contributed by atoms with van der Waals surface area (Å²) in [6, 6.07) is 23.2. The Morgan fingerprint density at radius 2 is 1.44 bits per heavy atom. The van der Waals surface area contributed by atoms with Crippen molar-refractivity contribution >= 4 is 34.8 Å². The van der Waals surface area contributed by atoms with Gasteiger partial charge in [0.15, 0.2) is 6.04 Å². The van der Waals surface area contributed by atoms with E-state index in [1.165, 1.54) is 9.80 Å². The van der Waals surface area contributed by atoms with Gasteiger partial charge in [0.25, 0.3) is 11.8 Å². The van der Waals surface area contributed by atoms with E-state index in [9.17, 15) is 14.4 Å². The number of carbonyl (C=O) groups is 3. The van der Waals surface area contributed by atoms with Gasteiger partial charge < -0.3 is 16.0 Å². The van der Waals surface area contributed by atoms with E-state index in [1.54, 1.807) is 43.4 Å². The van der Waals surface area contributed by atoms with Gasteiger partial charge in [-0.25, -0.2) is 0 Å². The molecule has 0 saturated carbocycles. The number of hydrogen-bond acceptors (Lipinski definition) is 4.